The Hall–Kier alpha value is -6.09. The summed E-state index contributed by atoms with van der Waals surface area (Å²) in [6.45, 7) is 4.00. The molecule has 5 atom stereocenters. The highest BCUT2D eigenvalue weighted by molar-refractivity contribution is 5.96. The summed E-state index contributed by atoms with van der Waals surface area (Å²) in [6, 6.07) is 20.9. The second-order valence-electron chi connectivity index (χ2n) is 13.2. The lowest BCUT2D eigenvalue weighted by Crippen LogP contribution is -2.59. The SMILES string of the molecule is CNC(C)C(=O)NC1Cc2cn(nn2)CCOc2ccc(cc2)CC(C(=O)NCc2ccccc2)NC(=O)C(Cc2ccccc2)NC(=O)C(C)NC1=O. The number of hydrogen-bond acceptors (Lipinski definition) is 9. The van der Waals surface area contributed by atoms with E-state index in [9.17, 15) is 24.0 Å². The largest absolute Gasteiger partial charge is 0.492 e. The maximum absolute atomic E-state index is 14.1. The molecule has 6 rings (SSSR count). The maximum atomic E-state index is 14.1. The standard InChI is InChI=1S/C39H47N9O6/c1-25(40-3)35(49)44-34-22-30-24-48(47-46-30)18-19-54-31-16-14-28(15-17-31)21-32(37(51)41-23-29-12-8-5-9-13-29)45-39(53)33(20-27-10-6-4-7-11-27)43-36(50)26(2)42-38(34)52/h4-17,24-26,32-34,40H,18-23H2,1-3H3,(H,41,51)(H,42,52)(H,43,50)(H,44,49)(H,45,53). The lowest BCUT2D eigenvalue weighted by molar-refractivity contribution is -0.134. The Bertz CT molecular complexity index is 1870. The molecular formula is C39H47N9O6. The van der Waals surface area contributed by atoms with E-state index >= 15 is 0 Å². The molecule has 284 valence electrons. The van der Waals surface area contributed by atoms with E-state index in [4.69, 9.17) is 4.74 Å². The maximum Gasteiger partial charge on any atom is 0.243 e. The third-order valence-electron chi connectivity index (χ3n) is 9.02. The van der Waals surface area contributed by atoms with Crippen molar-refractivity contribution in [3.05, 3.63) is 114 Å². The van der Waals surface area contributed by atoms with Crippen molar-refractivity contribution >= 4 is 29.5 Å². The Morgan fingerprint density at radius 3 is 2.24 bits per heavy atom. The van der Waals surface area contributed by atoms with Gasteiger partial charge in [0, 0.05) is 32.0 Å². The minimum atomic E-state index is -1.11. The topological polar surface area (TPSA) is 197 Å². The fraction of sp³-hybridized carbons (Fsp3) is 0.359. The molecule has 0 radical (unpaired) electrons. The van der Waals surface area contributed by atoms with E-state index in [2.05, 4.69) is 42.2 Å². The van der Waals surface area contributed by atoms with Crippen molar-refractivity contribution in [1.82, 2.24) is 46.9 Å². The molecule has 0 fully saturated rings. The second kappa shape index (κ2) is 19.1. The van der Waals surface area contributed by atoms with Crippen LogP contribution in [-0.4, -0.2) is 88.4 Å². The Morgan fingerprint density at radius 2 is 1.56 bits per heavy atom. The summed E-state index contributed by atoms with van der Waals surface area (Å²) in [7, 11) is 1.62. The molecule has 2 aliphatic heterocycles. The van der Waals surface area contributed by atoms with Gasteiger partial charge in [-0.15, -0.1) is 5.10 Å². The summed E-state index contributed by atoms with van der Waals surface area (Å²) in [5.74, 6) is -2.08. The predicted octanol–water partition coefficient (Wildman–Crippen LogP) is 0.582. The molecule has 3 aromatic carbocycles. The normalized spacial score (nSPS) is 20.5. The fourth-order valence-corrected chi connectivity index (χ4v) is 5.73. The number of aromatic nitrogens is 3. The van der Waals surface area contributed by atoms with Crippen LogP contribution in [0.25, 0.3) is 0 Å². The summed E-state index contributed by atoms with van der Waals surface area (Å²) in [4.78, 5) is 67.9. The van der Waals surface area contributed by atoms with E-state index in [0.717, 1.165) is 16.7 Å². The molecule has 3 heterocycles. The molecule has 0 saturated carbocycles. The number of benzene rings is 3. The number of hydrogen-bond donors (Lipinski definition) is 6. The molecule has 2 aliphatic rings. The predicted molar refractivity (Wildman–Crippen MR) is 200 cm³/mol. The van der Waals surface area contributed by atoms with Gasteiger partial charge in [0.2, 0.25) is 29.5 Å². The van der Waals surface area contributed by atoms with E-state index in [0.29, 0.717) is 18.0 Å². The number of ether oxygens (including phenoxy) is 1. The first-order chi connectivity index (χ1) is 26.1. The third-order valence-corrected chi connectivity index (χ3v) is 9.02. The highest BCUT2D eigenvalue weighted by atomic mass is 16.5. The van der Waals surface area contributed by atoms with E-state index < -0.39 is 59.7 Å². The van der Waals surface area contributed by atoms with Gasteiger partial charge in [-0.25, -0.2) is 4.68 Å². The monoisotopic (exact) mass is 737 g/mol. The van der Waals surface area contributed by atoms with Crippen molar-refractivity contribution in [3.63, 3.8) is 0 Å². The summed E-state index contributed by atoms with van der Waals surface area (Å²) >= 11 is 0. The molecule has 4 aromatic rings. The first-order valence-corrected chi connectivity index (χ1v) is 17.9. The van der Waals surface area contributed by atoms with E-state index in [1.165, 1.54) is 6.92 Å². The van der Waals surface area contributed by atoms with Gasteiger partial charge in [0.15, 0.2) is 0 Å². The number of carbonyl (C=O) groups excluding carboxylic acids is 5. The van der Waals surface area contributed by atoms with Crippen LogP contribution in [-0.2, 0) is 56.3 Å². The van der Waals surface area contributed by atoms with Crippen LogP contribution in [0.1, 0.15) is 36.2 Å². The Balaban J connectivity index is 1.43. The van der Waals surface area contributed by atoms with E-state index in [1.807, 2.05) is 72.8 Å². The highest BCUT2D eigenvalue weighted by Crippen LogP contribution is 2.15. The number of fused-ring (bicyclic) bond motifs is 15. The van der Waals surface area contributed by atoms with Crippen LogP contribution in [0.3, 0.4) is 0 Å². The lowest BCUT2D eigenvalue weighted by Gasteiger charge is -2.26. The van der Waals surface area contributed by atoms with Gasteiger partial charge in [0.05, 0.1) is 18.3 Å². The molecule has 1 aromatic heterocycles. The summed E-state index contributed by atoms with van der Waals surface area (Å²) < 4.78 is 7.51. The van der Waals surface area contributed by atoms with Crippen LogP contribution in [0.4, 0.5) is 0 Å². The number of rotatable bonds is 8. The lowest BCUT2D eigenvalue weighted by atomic mass is 10.0. The van der Waals surface area contributed by atoms with Crippen molar-refractivity contribution < 1.29 is 28.7 Å². The van der Waals surface area contributed by atoms with Crippen LogP contribution < -0.4 is 36.6 Å². The fourth-order valence-electron chi connectivity index (χ4n) is 5.73. The van der Waals surface area contributed by atoms with Gasteiger partial charge < -0.3 is 36.6 Å². The molecule has 0 spiro atoms. The summed E-state index contributed by atoms with van der Waals surface area (Å²) in [5, 5.41) is 25.2. The van der Waals surface area contributed by atoms with E-state index in [1.54, 1.807) is 37.0 Å². The molecule has 15 nitrogen and oxygen atoms in total. The van der Waals surface area contributed by atoms with Crippen LogP contribution in [0.5, 0.6) is 5.75 Å². The zero-order chi connectivity index (χ0) is 38.5. The molecule has 5 unspecified atom stereocenters. The van der Waals surface area contributed by atoms with Crippen LogP contribution in [0, 0.1) is 0 Å². The summed E-state index contributed by atoms with van der Waals surface area (Å²) in [5.41, 5.74) is 2.88. The molecule has 4 bridgehead atoms. The minimum Gasteiger partial charge on any atom is -0.492 e. The van der Waals surface area contributed by atoms with Gasteiger partial charge in [0.25, 0.3) is 0 Å². The molecule has 5 amide bonds. The smallest absolute Gasteiger partial charge is 0.243 e. The van der Waals surface area contributed by atoms with Gasteiger partial charge in [0.1, 0.15) is 36.5 Å². The second-order valence-corrected chi connectivity index (χ2v) is 13.2. The van der Waals surface area contributed by atoms with Crippen molar-refractivity contribution in [2.75, 3.05) is 13.7 Å². The van der Waals surface area contributed by atoms with Crippen molar-refractivity contribution in [1.29, 1.82) is 0 Å². The first kappa shape index (κ1) is 39.1. The van der Waals surface area contributed by atoms with Crippen molar-refractivity contribution in [3.8, 4) is 5.75 Å². The third kappa shape index (κ3) is 11.5. The van der Waals surface area contributed by atoms with Crippen molar-refractivity contribution in [2.45, 2.75) is 76.4 Å². The highest BCUT2D eigenvalue weighted by Gasteiger charge is 2.31. The number of likely N-dealkylation sites (N-methyl/N-ethyl adjacent to an activating group) is 1. The number of carbonyl (C=O) groups is 5. The summed E-state index contributed by atoms with van der Waals surface area (Å²) in [6.07, 6.45) is 1.93. The van der Waals surface area contributed by atoms with Gasteiger partial charge in [-0.2, -0.15) is 0 Å². The van der Waals surface area contributed by atoms with Crippen LogP contribution >= 0.6 is 0 Å². The molecule has 6 N–H and O–H groups in total. The van der Waals surface area contributed by atoms with Crippen molar-refractivity contribution in [2.24, 2.45) is 0 Å². The molecule has 54 heavy (non-hydrogen) atoms. The Labute approximate surface area is 314 Å². The minimum absolute atomic E-state index is 0.00255. The molecule has 15 heteroatoms. The van der Waals surface area contributed by atoms with Gasteiger partial charge in [-0.1, -0.05) is 78.0 Å². The quantitative estimate of drug-likeness (QED) is 0.140. The zero-order valence-corrected chi connectivity index (χ0v) is 30.6. The van der Waals surface area contributed by atoms with Crippen LogP contribution in [0.15, 0.2) is 91.1 Å². The number of amides is 5. The van der Waals surface area contributed by atoms with E-state index in [-0.39, 0.29) is 32.4 Å². The Kier molecular flexibility index (Phi) is 13.9. The average Bonchev–Trinajstić information content (AvgIpc) is 3.63. The van der Waals surface area contributed by atoms with Gasteiger partial charge >= 0.3 is 0 Å². The number of nitrogens with one attached hydrogen (secondary N) is 6. The first-order valence-electron chi connectivity index (χ1n) is 17.9. The Morgan fingerprint density at radius 1 is 0.870 bits per heavy atom. The zero-order valence-electron chi connectivity index (χ0n) is 30.6. The molecular weight excluding hydrogens is 690 g/mol. The van der Waals surface area contributed by atoms with Crippen LogP contribution in [0.2, 0.25) is 0 Å². The molecule has 0 aliphatic carbocycles. The average molecular weight is 738 g/mol. The molecule has 0 saturated heterocycles. The number of nitrogens with zero attached hydrogens (tertiary/aromatic N) is 3. The van der Waals surface area contributed by atoms with Gasteiger partial charge in [-0.05, 0) is 49.7 Å². The van der Waals surface area contributed by atoms with Gasteiger partial charge in [-0.3, -0.25) is 24.0 Å².